The van der Waals surface area contributed by atoms with Gasteiger partial charge < -0.3 is 71.3 Å². The van der Waals surface area contributed by atoms with E-state index in [1.807, 2.05) is 24.3 Å². The molecule has 7 atom stereocenters. The van der Waals surface area contributed by atoms with Crippen LogP contribution in [0.1, 0.15) is 95.1 Å². The molecule has 1 aromatic heterocycles. The third-order valence-corrected chi connectivity index (χ3v) is 12.8. The van der Waals surface area contributed by atoms with Crippen LogP contribution in [0.5, 0.6) is 0 Å². The number of nitrogens with zero attached hydrogens (tertiary/aromatic N) is 2. The number of ketones is 2. The second-order valence-corrected chi connectivity index (χ2v) is 18.8. The molecule has 2 aromatic carbocycles. The molecule has 2 heterocycles. The number of fused-ring (bicyclic) bond motifs is 1. The topological polar surface area (TPSA) is 440 Å². The number of carbonyl (C=O) groups excluding carboxylic acids is 10. The van der Waals surface area contributed by atoms with Crippen molar-refractivity contribution in [2.24, 2.45) is 56.2 Å². The first-order valence-corrected chi connectivity index (χ1v) is 25.3. The predicted octanol–water partition coefficient (Wildman–Crippen LogP) is -1.90. The Morgan fingerprint density at radius 1 is 0.711 bits per heavy atom. The number of hydrogen-bond donors (Lipinski definition) is 13. The lowest BCUT2D eigenvalue weighted by Crippen LogP contribution is -2.58. The number of guanidine groups is 2. The maximum Gasteiger partial charge on any atom is 0.243 e. The molecule has 0 unspecified atom stereocenters. The number of amides is 8. The highest BCUT2D eigenvalue weighted by molar-refractivity contribution is 5.98. The summed E-state index contributed by atoms with van der Waals surface area (Å²) in [5, 5.41) is 16.6. The van der Waals surface area contributed by atoms with Gasteiger partial charge in [-0.1, -0.05) is 48.5 Å². The SMILES string of the molecule is CC(=O)N[C@@H](CCCN=C(N)N)C(=O)N[C@H]1CCNC(=O)CCC[C@@H](C(N)=O)NC(=O)[C@H](Cc2c[nH]c3ccccc23)CC(=O)[C@H](CCCN=C(N)N)CC(=O)[C@@H](Cc2ccccc2)NC(=O)[C@H](CCC(N)=O)NC1=O. The molecule has 0 aliphatic carbocycles. The maximum absolute atomic E-state index is 14.8. The predicted molar refractivity (Wildman–Crippen MR) is 283 cm³/mol. The zero-order chi connectivity index (χ0) is 55.7. The van der Waals surface area contributed by atoms with Gasteiger partial charge in [0.15, 0.2) is 17.7 Å². The highest BCUT2D eigenvalue weighted by Gasteiger charge is 2.35. The van der Waals surface area contributed by atoms with Crippen molar-refractivity contribution >= 4 is 81.6 Å². The molecule has 25 nitrogen and oxygen atoms in total. The fourth-order valence-electron chi connectivity index (χ4n) is 8.78. The Morgan fingerprint density at radius 3 is 2.04 bits per heavy atom. The quantitative estimate of drug-likeness (QED) is 0.0354. The summed E-state index contributed by atoms with van der Waals surface area (Å²) >= 11 is 0. The van der Waals surface area contributed by atoms with E-state index in [0.717, 1.165) is 10.9 Å². The summed E-state index contributed by atoms with van der Waals surface area (Å²) < 4.78 is 0. The standard InChI is InChI=1S/C51H73N15O10/c1-29(67)62-37(16-9-22-60-51(56)57)47(74)65-39-20-23-58-44(71)17-7-15-36(45(53)72)63-46(73)32(25-33-28-61-35-14-6-5-13-34(33)35)27-41(68)31(12-8-21-59-50(54)55)26-42(69)40(24-30-10-3-2-4-11-30)66-48(75)38(64-49(39)76)18-19-43(52)70/h2-6,10-11,13-14,28,31-32,36-40,61H,7-9,12,15-27H2,1H3,(H2,52,70)(H2,53,72)(H,58,71)(H,62,67)(H,63,73)(H,64,76)(H,65,74)(H,66,75)(H4,54,55,59)(H4,56,57,60)/t31-,32-,36+,37+,38+,39+,40-/m1/s1. The molecule has 0 spiro atoms. The molecule has 0 saturated carbocycles. The van der Waals surface area contributed by atoms with Gasteiger partial charge >= 0.3 is 0 Å². The van der Waals surface area contributed by atoms with Crippen molar-refractivity contribution < 1.29 is 47.9 Å². The Balaban J connectivity index is 1.78. The minimum absolute atomic E-state index is 0.0318. The van der Waals surface area contributed by atoms with Crippen LogP contribution >= 0.6 is 0 Å². The lowest BCUT2D eigenvalue weighted by Gasteiger charge is -2.27. The molecule has 1 saturated heterocycles. The highest BCUT2D eigenvalue weighted by atomic mass is 16.2. The Kier molecular flexibility index (Phi) is 24.3. The van der Waals surface area contributed by atoms with Crippen LogP contribution in [0.25, 0.3) is 10.9 Å². The molecular weight excluding hydrogens is 983 g/mol. The van der Waals surface area contributed by atoms with Crippen LogP contribution in [0.3, 0.4) is 0 Å². The van der Waals surface area contributed by atoms with Gasteiger partial charge in [-0.3, -0.25) is 57.9 Å². The van der Waals surface area contributed by atoms with Crippen LogP contribution in [0, 0.1) is 11.8 Å². The summed E-state index contributed by atoms with van der Waals surface area (Å²) in [5.74, 6) is -9.72. The fraction of sp³-hybridized carbons (Fsp3) is 0.490. The van der Waals surface area contributed by atoms with E-state index in [1.54, 1.807) is 36.5 Å². The summed E-state index contributed by atoms with van der Waals surface area (Å²) in [6.45, 7) is 1.18. The average Bonchev–Trinajstić information content (AvgIpc) is 3.77. The molecule has 4 rings (SSSR count). The number of aromatic amines is 1. The zero-order valence-corrected chi connectivity index (χ0v) is 42.8. The van der Waals surface area contributed by atoms with Gasteiger partial charge in [0, 0.05) is 81.2 Å². The van der Waals surface area contributed by atoms with Crippen molar-refractivity contribution in [1.29, 1.82) is 0 Å². The van der Waals surface area contributed by atoms with Crippen molar-refractivity contribution in [1.82, 2.24) is 36.9 Å². The lowest BCUT2D eigenvalue weighted by molar-refractivity contribution is -0.135. The van der Waals surface area contributed by atoms with Crippen LogP contribution in [-0.2, 0) is 60.8 Å². The van der Waals surface area contributed by atoms with Crippen LogP contribution in [-0.4, -0.2) is 126 Å². The Labute approximate surface area is 440 Å². The smallest absolute Gasteiger partial charge is 0.243 e. The maximum atomic E-state index is 14.8. The normalized spacial score (nSPS) is 21.1. The average molecular weight is 1060 g/mol. The van der Waals surface area contributed by atoms with Gasteiger partial charge in [0.1, 0.15) is 30.0 Å². The van der Waals surface area contributed by atoms with Crippen LogP contribution in [0.4, 0.5) is 0 Å². The van der Waals surface area contributed by atoms with E-state index >= 15 is 0 Å². The molecule has 0 radical (unpaired) electrons. The summed E-state index contributed by atoms with van der Waals surface area (Å²) in [4.78, 5) is 148. The van der Waals surface area contributed by atoms with E-state index in [9.17, 15) is 47.9 Å². The number of benzene rings is 2. The van der Waals surface area contributed by atoms with E-state index in [2.05, 4.69) is 46.9 Å². The van der Waals surface area contributed by atoms with Crippen molar-refractivity contribution in [3.63, 3.8) is 0 Å². The first-order chi connectivity index (χ1) is 36.2. The van der Waals surface area contributed by atoms with Crippen molar-refractivity contribution in [3.8, 4) is 0 Å². The largest absolute Gasteiger partial charge is 0.370 e. The number of carbonyl (C=O) groups is 10. The minimum atomic E-state index is -1.54. The number of rotatable bonds is 19. The van der Waals surface area contributed by atoms with E-state index < -0.39 is 120 Å². The van der Waals surface area contributed by atoms with Crippen molar-refractivity contribution in [2.75, 3.05) is 19.6 Å². The van der Waals surface area contributed by atoms with Gasteiger partial charge in [0.05, 0.1) is 6.04 Å². The zero-order valence-electron chi connectivity index (χ0n) is 42.8. The molecule has 1 fully saturated rings. The fourth-order valence-corrected chi connectivity index (χ4v) is 8.78. The minimum Gasteiger partial charge on any atom is -0.370 e. The van der Waals surface area contributed by atoms with Crippen LogP contribution in [0.2, 0.25) is 0 Å². The molecule has 1 aliphatic rings. The molecule has 3 aromatic rings. The Morgan fingerprint density at radius 2 is 1.37 bits per heavy atom. The number of primary amides is 2. The monoisotopic (exact) mass is 1060 g/mol. The summed E-state index contributed by atoms with van der Waals surface area (Å²) in [5.41, 5.74) is 35.4. The molecule has 25 heteroatoms. The van der Waals surface area contributed by atoms with Crippen molar-refractivity contribution in [3.05, 3.63) is 71.9 Å². The van der Waals surface area contributed by atoms with Gasteiger partial charge in [-0.15, -0.1) is 0 Å². The third kappa shape index (κ3) is 20.9. The van der Waals surface area contributed by atoms with Gasteiger partial charge in [-0.05, 0) is 81.4 Å². The number of hydrogen-bond acceptors (Lipinski definition) is 12. The summed E-state index contributed by atoms with van der Waals surface area (Å²) in [7, 11) is 0. The molecule has 0 bridgehead atoms. The lowest BCUT2D eigenvalue weighted by atomic mass is 9.83. The molecule has 412 valence electrons. The third-order valence-electron chi connectivity index (χ3n) is 12.8. The molecule has 8 amide bonds. The Bertz CT molecular complexity index is 2580. The van der Waals surface area contributed by atoms with Gasteiger partial charge in [-0.2, -0.15) is 0 Å². The molecule has 76 heavy (non-hydrogen) atoms. The summed E-state index contributed by atoms with van der Waals surface area (Å²) in [6.07, 6.45) is 0.211. The summed E-state index contributed by atoms with van der Waals surface area (Å²) in [6, 6.07) is 9.23. The van der Waals surface area contributed by atoms with Crippen LogP contribution in [0.15, 0.2) is 70.8 Å². The van der Waals surface area contributed by atoms with Crippen molar-refractivity contribution in [2.45, 2.75) is 127 Å². The molecule has 1 aliphatic heterocycles. The number of para-hydroxylation sites is 1. The van der Waals surface area contributed by atoms with Gasteiger partial charge in [-0.25, -0.2) is 0 Å². The number of nitrogens with one attached hydrogen (secondary N) is 7. The number of Topliss-reactive ketones (excluding diaryl/α,β-unsaturated/α-hetero) is 2. The van der Waals surface area contributed by atoms with Gasteiger partial charge in [0.2, 0.25) is 47.3 Å². The number of nitrogens with two attached hydrogens (primary N) is 6. The van der Waals surface area contributed by atoms with E-state index in [-0.39, 0.29) is 102 Å². The number of H-pyrrole nitrogens is 1. The first kappa shape index (κ1) is 60.2. The number of aromatic nitrogens is 1. The van der Waals surface area contributed by atoms with E-state index in [0.29, 0.717) is 11.1 Å². The highest BCUT2D eigenvalue weighted by Crippen LogP contribution is 2.26. The second kappa shape index (κ2) is 30.7. The molecular formula is C51H73N15O10. The van der Waals surface area contributed by atoms with E-state index in [4.69, 9.17) is 34.4 Å². The number of aliphatic imine (C=N–C) groups is 2. The Hall–Kier alpha value is -8.38. The van der Waals surface area contributed by atoms with E-state index in [1.165, 1.54) is 6.92 Å². The van der Waals surface area contributed by atoms with Gasteiger partial charge in [0.25, 0.3) is 0 Å². The molecule has 19 N–H and O–H groups in total. The first-order valence-electron chi connectivity index (χ1n) is 25.3. The second-order valence-electron chi connectivity index (χ2n) is 18.8. The van der Waals surface area contributed by atoms with Crippen LogP contribution < -0.4 is 66.3 Å².